The Morgan fingerprint density at radius 2 is 2.30 bits per heavy atom. The third-order valence-corrected chi connectivity index (χ3v) is 5.07. The van der Waals surface area contributed by atoms with Gasteiger partial charge in [0.2, 0.25) is 5.91 Å². The van der Waals surface area contributed by atoms with E-state index in [9.17, 15) is 4.79 Å². The van der Waals surface area contributed by atoms with E-state index in [1.165, 1.54) is 23.1 Å². The Balaban J connectivity index is 1.71. The van der Waals surface area contributed by atoms with Gasteiger partial charge in [-0.1, -0.05) is 0 Å². The highest BCUT2D eigenvalue weighted by atomic mass is 32.1. The molecule has 1 aliphatic heterocycles. The summed E-state index contributed by atoms with van der Waals surface area (Å²) in [6, 6.07) is 4.72. The Morgan fingerprint density at radius 1 is 1.43 bits per heavy atom. The van der Waals surface area contributed by atoms with Crippen molar-refractivity contribution in [3.05, 3.63) is 45.7 Å². The molecule has 2 aromatic heterocycles. The maximum atomic E-state index is 11.0. The molecule has 5 nitrogen and oxygen atoms in total. The molecule has 0 bridgehead atoms. The van der Waals surface area contributed by atoms with Crippen molar-refractivity contribution in [3.8, 4) is 0 Å². The van der Waals surface area contributed by atoms with Gasteiger partial charge in [0.15, 0.2) is 0 Å². The summed E-state index contributed by atoms with van der Waals surface area (Å²) >= 11 is 1.86. The van der Waals surface area contributed by atoms with Gasteiger partial charge >= 0.3 is 0 Å². The Hall–Kier alpha value is -1.79. The van der Waals surface area contributed by atoms with E-state index < -0.39 is 0 Å². The standard InChI is InChI=1S/C17H22N4OS/c1-12-5-6-15(23-12)11-21-7-3-4-17(21)16-10-18-8-14(20-16)9-19-13(2)22/h5-6,8,10,17H,3-4,7,9,11H2,1-2H3,(H,19,22)/t17-/m1/s1. The number of nitrogens with one attached hydrogen (secondary N) is 1. The molecule has 0 spiro atoms. The van der Waals surface area contributed by atoms with Crippen LogP contribution in [-0.2, 0) is 17.9 Å². The van der Waals surface area contributed by atoms with Gasteiger partial charge in [0, 0.05) is 23.2 Å². The minimum atomic E-state index is -0.0484. The average Bonchev–Trinajstić information content (AvgIpc) is 3.15. The zero-order chi connectivity index (χ0) is 16.2. The zero-order valence-corrected chi connectivity index (χ0v) is 14.4. The number of hydrogen-bond donors (Lipinski definition) is 1. The Morgan fingerprint density at radius 3 is 3.04 bits per heavy atom. The summed E-state index contributed by atoms with van der Waals surface area (Å²) in [4.78, 5) is 25.3. The van der Waals surface area contributed by atoms with Crippen molar-refractivity contribution in [1.29, 1.82) is 0 Å². The fourth-order valence-corrected chi connectivity index (χ4v) is 3.92. The summed E-state index contributed by atoms with van der Waals surface area (Å²) in [6.45, 7) is 6.17. The first-order valence-corrected chi connectivity index (χ1v) is 8.78. The van der Waals surface area contributed by atoms with Crippen LogP contribution in [0.15, 0.2) is 24.5 Å². The lowest BCUT2D eigenvalue weighted by Gasteiger charge is -2.23. The van der Waals surface area contributed by atoms with E-state index in [-0.39, 0.29) is 5.91 Å². The Bertz CT molecular complexity index is 685. The van der Waals surface area contributed by atoms with Gasteiger partial charge in [-0.2, -0.15) is 0 Å². The van der Waals surface area contributed by atoms with Crippen molar-refractivity contribution in [2.45, 2.75) is 45.8 Å². The largest absolute Gasteiger partial charge is 0.351 e. The number of nitrogens with zero attached hydrogens (tertiary/aromatic N) is 3. The monoisotopic (exact) mass is 330 g/mol. The number of carbonyl (C=O) groups is 1. The van der Waals surface area contributed by atoms with Gasteiger partial charge in [0.25, 0.3) is 0 Å². The smallest absolute Gasteiger partial charge is 0.217 e. The van der Waals surface area contributed by atoms with Crippen molar-refractivity contribution >= 4 is 17.2 Å². The second-order valence-electron chi connectivity index (χ2n) is 5.99. The highest BCUT2D eigenvalue weighted by molar-refractivity contribution is 7.11. The van der Waals surface area contributed by atoms with Gasteiger partial charge < -0.3 is 5.32 Å². The summed E-state index contributed by atoms with van der Waals surface area (Å²) in [7, 11) is 0. The van der Waals surface area contributed by atoms with E-state index in [1.54, 1.807) is 6.20 Å². The molecule has 1 amide bonds. The maximum Gasteiger partial charge on any atom is 0.217 e. The van der Waals surface area contributed by atoms with Gasteiger partial charge in [0.1, 0.15) is 0 Å². The number of rotatable bonds is 5. The first-order valence-electron chi connectivity index (χ1n) is 7.96. The lowest BCUT2D eigenvalue weighted by Crippen LogP contribution is -2.24. The number of aromatic nitrogens is 2. The van der Waals surface area contributed by atoms with E-state index in [1.807, 2.05) is 17.5 Å². The van der Waals surface area contributed by atoms with Crippen LogP contribution >= 0.6 is 11.3 Å². The number of likely N-dealkylation sites (tertiary alicyclic amines) is 1. The molecule has 0 aliphatic carbocycles. The fraction of sp³-hybridized carbons (Fsp3) is 0.471. The number of aryl methyl sites for hydroxylation is 1. The Kier molecular flexibility index (Phi) is 5.03. The molecule has 122 valence electrons. The summed E-state index contributed by atoms with van der Waals surface area (Å²) < 4.78 is 0. The molecular weight excluding hydrogens is 308 g/mol. The second-order valence-corrected chi connectivity index (χ2v) is 7.36. The van der Waals surface area contributed by atoms with Crippen LogP contribution in [0.1, 0.15) is 46.9 Å². The van der Waals surface area contributed by atoms with Crippen LogP contribution in [0.25, 0.3) is 0 Å². The molecule has 3 heterocycles. The molecule has 3 rings (SSSR count). The average molecular weight is 330 g/mol. The van der Waals surface area contributed by atoms with Crippen LogP contribution in [0, 0.1) is 6.92 Å². The van der Waals surface area contributed by atoms with Gasteiger partial charge in [-0.25, -0.2) is 0 Å². The highest BCUT2D eigenvalue weighted by Crippen LogP contribution is 2.33. The van der Waals surface area contributed by atoms with Crippen molar-refractivity contribution < 1.29 is 4.79 Å². The molecule has 1 saturated heterocycles. The number of hydrogen-bond acceptors (Lipinski definition) is 5. The molecule has 1 fully saturated rings. The lowest BCUT2D eigenvalue weighted by molar-refractivity contribution is -0.119. The normalized spacial score (nSPS) is 18.3. The first-order chi connectivity index (χ1) is 11.1. The number of carbonyl (C=O) groups excluding carboxylic acids is 1. The van der Waals surface area contributed by atoms with Crippen LogP contribution in [0.2, 0.25) is 0 Å². The molecule has 0 radical (unpaired) electrons. The molecular formula is C17H22N4OS. The molecule has 6 heteroatoms. The molecule has 0 aromatic carbocycles. The minimum absolute atomic E-state index is 0.0484. The van der Waals surface area contributed by atoms with Crippen LogP contribution in [-0.4, -0.2) is 27.3 Å². The van der Waals surface area contributed by atoms with Gasteiger partial charge in [-0.3, -0.25) is 19.7 Å². The predicted molar refractivity (Wildman–Crippen MR) is 91.0 cm³/mol. The summed E-state index contributed by atoms with van der Waals surface area (Å²) in [5.41, 5.74) is 1.83. The molecule has 1 aliphatic rings. The van der Waals surface area contributed by atoms with E-state index in [0.717, 1.165) is 30.9 Å². The van der Waals surface area contributed by atoms with Crippen molar-refractivity contribution in [3.63, 3.8) is 0 Å². The van der Waals surface area contributed by atoms with Crippen LogP contribution in [0.3, 0.4) is 0 Å². The summed E-state index contributed by atoms with van der Waals surface area (Å²) in [5, 5.41) is 2.78. The highest BCUT2D eigenvalue weighted by Gasteiger charge is 2.27. The van der Waals surface area contributed by atoms with Crippen molar-refractivity contribution in [2.24, 2.45) is 0 Å². The van der Waals surface area contributed by atoms with Gasteiger partial charge in [0.05, 0.1) is 36.4 Å². The topological polar surface area (TPSA) is 58.1 Å². The number of thiophene rings is 1. The van der Waals surface area contributed by atoms with E-state index >= 15 is 0 Å². The molecule has 1 atom stereocenters. The number of amides is 1. The van der Waals surface area contributed by atoms with Crippen LogP contribution in [0.5, 0.6) is 0 Å². The van der Waals surface area contributed by atoms with E-state index in [0.29, 0.717) is 12.6 Å². The molecule has 1 N–H and O–H groups in total. The lowest BCUT2D eigenvalue weighted by atomic mass is 10.1. The van der Waals surface area contributed by atoms with Gasteiger partial charge in [-0.15, -0.1) is 11.3 Å². The van der Waals surface area contributed by atoms with Crippen molar-refractivity contribution in [2.75, 3.05) is 6.54 Å². The Labute approximate surface area is 140 Å². The van der Waals surface area contributed by atoms with Crippen LogP contribution in [0.4, 0.5) is 0 Å². The fourth-order valence-electron chi connectivity index (χ4n) is 3.00. The third-order valence-electron chi connectivity index (χ3n) is 4.08. The van der Waals surface area contributed by atoms with E-state index in [2.05, 4.69) is 34.3 Å². The maximum absolute atomic E-state index is 11.0. The molecule has 0 unspecified atom stereocenters. The minimum Gasteiger partial charge on any atom is -0.351 e. The van der Waals surface area contributed by atoms with Gasteiger partial charge in [-0.05, 0) is 38.4 Å². The first kappa shape index (κ1) is 16.1. The predicted octanol–water partition coefficient (Wildman–Crippen LogP) is 2.82. The SMILES string of the molecule is CC(=O)NCc1cncc([C@H]2CCCN2Cc2ccc(C)s2)n1. The summed E-state index contributed by atoms with van der Waals surface area (Å²) in [6.07, 6.45) is 5.89. The molecule has 23 heavy (non-hydrogen) atoms. The molecule has 2 aromatic rings. The summed E-state index contributed by atoms with van der Waals surface area (Å²) in [5.74, 6) is -0.0484. The zero-order valence-electron chi connectivity index (χ0n) is 13.6. The van der Waals surface area contributed by atoms with Crippen LogP contribution < -0.4 is 5.32 Å². The quantitative estimate of drug-likeness (QED) is 0.916. The third kappa shape index (κ3) is 4.14. The van der Waals surface area contributed by atoms with Crippen molar-refractivity contribution in [1.82, 2.24) is 20.2 Å². The second kappa shape index (κ2) is 7.19. The van der Waals surface area contributed by atoms with E-state index in [4.69, 9.17) is 4.98 Å². The molecule has 0 saturated carbocycles.